The number of nitrogens with one attached hydrogen (secondary N) is 1. The number of aromatic hydroxyl groups is 1. The Balaban J connectivity index is 2.80. The zero-order valence-corrected chi connectivity index (χ0v) is 10.5. The van der Waals surface area contributed by atoms with Crippen LogP contribution in [0.3, 0.4) is 0 Å². The van der Waals surface area contributed by atoms with Gasteiger partial charge < -0.3 is 27.4 Å². The van der Waals surface area contributed by atoms with Gasteiger partial charge in [-0.15, -0.1) is 0 Å². The number of hydrogen-bond donors (Lipinski definition) is 6. The average Bonchev–Trinajstić information content (AvgIpc) is 2.37. The smallest absolute Gasteiger partial charge is 0.339 e. The molecule has 0 aliphatic carbocycles. The minimum atomic E-state index is -1.36. The Labute approximate surface area is 117 Å². The van der Waals surface area contributed by atoms with Crippen molar-refractivity contribution in [3.63, 3.8) is 0 Å². The summed E-state index contributed by atoms with van der Waals surface area (Å²) in [6.45, 7) is 0. The lowest BCUT2D eigenvalue weighted by Crippen LogP contribution is -2.06. The monoisotopic (exact) mass is 289 g/mol. The van der Waals surface area contributed by atoms with Gasteiger partial charge in [-0.05, 0) is 6.07 Å². The molecule has 0 aliphatic rings. The predicted octanol–water partition coefficient (Wildman–Crippen LogP) is 0.956. The number of hydrogen-bond acceptors (Lipinski definition) is 9. The van der Waals surface area contributed by atoms with Crippen molar-refractivity contribution in [2.24, 2.45) is 5.11 Å². The largest absolute Gasteiger partial charge is 0.505 e. The fourth-order valence-corrected chi connectivity index (χ4v) is 1.86. The molecule has 1 heterocycles. The molecular formula is C11H11N7O3. The van der Waals surface area contributed by atoms with Crippen LogP contribution in [0.1, 0.15) is 10.4 Å². The predicted molar refractivity (Wildman–Crippen MR) is 74.1 cm³/mol. The number of carbonyl (C=O) groups is 1. The van der Waals surface area contributed by atoms with Crippen molar-refractivity contribution in [1.29, 1.82) is 5.53 Å². The van der Waals surface area contributed by atoms with E-state index in [1.807, 2.05) is 0 Å². The number of nitrogens with zero attached hydrogens (tertiary/aromatic N) is 3. The highest BCUT2D eigenvalue weighted by molar-refractivity contribution is 5.98. The molecule has 0 atom stereocenters. The molecule has 10 heteroatoms. The van der Waals surface area contributed by atoms with Gasteiger partial charge in [-0.25, -0.2) is 10.3 Å². The summed E-state index contributed by atoms with van der Waals surface area (Å²) in [5, 5.41) is 22.0. The number of phenols is 1. The van der Waals surface area contributed by atoms with Gasteiger partial charge in [0.2, 0.25) is 5.95 Å². The number of nitrogens with two attached hydrogens (primary N) is 3. The number of aromatic carboxylic acids is 1. The molecule has 10 nitrogen and oxygen atoms in total. The van der Waals surface area contributed by atoms with Crippen LogP contribution in [0.4, 0.5) is 23.3 Å². The van der Waals surface area contributed by atoms with Crippen molar-refractivity contribution in [3.05, 3.63) is 17.7 Å². The minimum Gasteiger partial charge on any atom is -0.505 e. The van der Waals surface area contributed by atoms with Crippen molar-refractivity contribution in [2.75, 3.05) is 17.2 Å². The van der Waals surface area contributed by atoms with Crippen LogP contribution in [0, 0.1) is 5.53 Å². The normalized spacial score (nSPS) is 10.3. The first-order valence-electron chi connectivity index (χ1n) is 5.52. The van der Waals surface area contributed by atoms with Crippen LogP contribution in [-0.4, -0.2) is 26.2 Å². The van der Waals surface area contributed by atoms with Crippen LogP contribution in [0.2, 0.25) is 0 Å². The molecule has 1 aromatic carbocycles. The number of carboxylic acid groups (broad SMARTS) is 1. The van der Waals surface area contributed by atoms with E-state index >= 15 is 0 Å². The third-order valence-electron chi connectivity index (χ3n) is 2.75. The van der Waals surface area contributed by atoms with Crippen molar-refractivity contribution in [2.45, 2.75) is 0 Å². The van der Waals surface area contributed by atoms with Crippen LogP contribution in [0.25, 0.3) is 11.1 Å². The van der Waals surface area contributed by atoms with Gasteiger partial charge in [0.05, 0.1) is 5.56 Å². The van der Waals surface area contributed by atoms with Crippen LogP contribution >= 0.6 is 0 Å². The average molecular weight is 289 g/mol. The number of carboxylic acids is 1. The van der Waals surface area contributed by atoms with Gasteiger partial charge in [0.15, 0.2) is 5.75 Å². The second-order valence-corrected chi connectivity index (χ2v) is 4.00. The molecule has 9 N–H and O–H groups in total. The SMILES string of the molecule is N=Nc1c(-c2c(N)nc(N)nc2N)ccc(C(=O)O)c1O. The molecule has 0 fully saturated rings. The second kappa shape index (κ2) is 4.92. The molecule has 1 aromatic heterocycles. The van der Waals surface area contributed by atoms with Gasteiger partial charge in [-0.2, -0.15) is 15.1 Å². The number of rotatable bonds is 3. The van der Waals surface area contributed by atoms with E-state index in [9.17, 15) is 9.90 Å². The van der Waals surface area contributed by atoms with Crippen molar-refractivity contribution in [3.8, 4) is 16.9 Å². The van der Waals surface area contributed by atoms with E-state index in [0.29, 0.717) is 0 Å². The second-order valence-electron chi connectivity index (χ2n) is 4.00. The number of nitrogen functional groups attached to an aromatic ring is 3. The first-order chi connectivity index (χ1) is 9.86. The molecule has 0 unspecified atom stereocenters. The Morgan fingerprint density at radius 1 is 1.19 bits per heavy atom. The highest BCUT2D eigenvalue weighted by Gasteiger charge is 2.21. The molecule has 0 saturated carbocycles. The van der Waals surface area contributed by atoms with Crippen LogP contribution in [0.5, 0.6) is 5.75 Å². The van der Waals surface area contributed by atoms with E-state index in [1.54, 1.807) is 0 Å². The molecule has 0 aliphatic heterocycles. The maximum Gasteiger partial charge on any atom is 0.339 e. The van der Waals surface area contributed by atoms with Crippen molar-refractivity contribution in [1.82, 2.24) is 9.97 Å². The Kier molecular flexibility index (Phi) is 3.28. The molecule has 2 aromatic rings. The summed E-state index contributed by atoms with van der Waals surface area (Å²) in [4.78, 5) is 18.4. The maximum absolute atomic E-state index is 11.0. The lowest BCUT2D eigenvalue weighted by Gasteiger charge is -2.12. The molecule has 0 bridgehead atoms. The summed E-state index contributed by atoms with van der Waals surface area (Å²) in [5.74, 6) is -2.33. The molecule has 21 heavy (non-hydrogen) atoms. The summed E-state index contributed by atoms with van der Waals surface area (Å²) in [6.07, 6.45) is 0. The molecule has 2 rings (SSSR count). The minimum absolute atomic E-state index is 0.0765. The topological polar surface area (TPSA) is 198 Å². The number of benzene rings is 1. The summed E-state index contributed by atoms with van der Waals surface area (Å²) < 4.78 is 0. The first kappa shape index (κ1) is 14.0. The molecular weight excluding hydrogens is 278 g/mol. The van der Waals surface area contributed by atoms with E-state index in [2.05, 4.69) is 15.1 Å². The summed E-state index contributed by atoms with van der Waals surface area (Å²) in [5.41, 5.74) is 23.5. The number of aromatic nitrogens is 2. The number of anilines is 3. The van der Waals surface area contributed by atoms with E-state index in [0.717, 1.165) is 6.07 Å². The Hall–Kier alpha value is -3.43. The Morgan fingerprint density at radius 2 is 1.76 bits per heavy atom. The fourth-order valence-electron chi connectivity index (χ4n) is 1.86. The van der Waals surface area contributed by atoms with Gasteiger partial charge in [-0.1, -0.05) is 6.07 Å². The summed E-state index contributed by atoms with van der Waals surface area (Å²) in [7, 11) is 0. The lowest BCUT2D eigenvalue weighted by molar-refractivity contribution is 0.0694. The summed E-state index contributed by atoms with van der Waals surface area (Å²) >= 11 is 0. The quantitative estimate of drug-likeness (QED) is 0.448. The van der Waals surface area contributed by atoms with Crippen molar-refractivity contribution >= 4 is 29.2 Å². The third kappa shape index (κ3) is 2.25. The van der Waals surface area contributed by atoms with Gasteiger partial charge in [0.1, 0.15) is 22.9 Å². The Morgan fingerprint density at radius 3 is 2.24 bits per heavy atom. The zero-order valence-electron chi connectivity index (χ0n) is 10.5. The van der Waals surface area contributed by atoms with E-state index in [-0.39, 0.29) is 34.4 Å². The Bertz CT molecular complexity index is 737. The van der Waals surface area contributed by atoms with Gasteiger partial charge in [0, 0.05) is 5.56 Å². The van der Waals surface area contributed by atoms with Gasteiger partial charge in [0.25, 0.3) is 0 Å². The van der Waals surface area contributed by atoms with Crippen LogP contribution in [0.15, 0.2) is 17.2 Å². The van der Waals surface area contributed by atoms with Crippen LogP contribution in [-0.2, 0) is 0 Å². The highest BCUT2D eigenvalue weighted by Crippen LogP contribution is 2.43. The van der Waals surface area contributed by atoms with Gasteiger partial charge in [-0.3, -0.25) is 0 Å². The van der Waals surface area contributed by atoms with E-state index < -0.39 is 17.3 Å². The standard InChI is InChI=1S/C11H11N7O3/c12-8-5(9(13)17-11(14)16-8)3-1-2-4(10(20)21)7(19)6(3)18-15/h1-2,15,19H,(H,20,21)(H6,12,13,14,16,17). The maximum atomic E-state index is 11.0. The first-order valence-corrected chi connectivity index (χ1v) is 5.52. The van der Waals surface area contributed by atoms with Crippen LogP contribution < -0.4 is 17.2 Å². The third-order valence-corrected chi connectivity index (χ3v) is 2.75. The van der Waals surface area contributed by atoms with Gasteiger partial charge >= 0.3 is 5.97 Å². The molecule has 0 amide bonds. The molecule has 0 spiro atoms. The van der Waals surface area contributed by atoms with E-state index in [1.165, 1.54) is 6.07 Å². The zero-order chi connectivity index (χ0) is 15.7. The van der Waals surface area contributed by atoms with E-state index in [4.69, 9.17) is 27.8 Å². The molecule has 0 radical (unpaired) electrons. The fraction of sp³-hybridized carbons (Fsp3) is 0. The lowest BCUT2D eigenvalue weighted by atomic mass is 10.0. The highest BCUT2D eigenvalue weighted by atomic mass is 16.4. The molecule has 0 saturated heterocycles. The molecule has 108 valence electrons. The van der Waals surface area contributed by atoms with Crippen molar-refractivity contribution < 1.29 is 15.0 Å². The summed E-state index contributed by atoms with van der Waals surface area (Å²) in [6, 6.07) is 2.44.